The van der Waals surface area contributed by atoms with Crippen molar-refractivity contribution in [2.24, 2.45) is 5.41 Å². The molecule has 0 unspecified atom stereocenters. The van der Waals surface area contributed by atoms with Crippen LogP contribution in [-0.2, 0) is 4.74 Å². The molecule has 0 heterocycles. The highest BCUT2D eigenvalue weighted by molar-refractivity contribution is 4.80. The molecule has 0 saturated heterocycles. The molecule has 0 radical (unpaired) electrons. The molecule has 0 saturated carbocycles. The van der Waals surface area contributed by atoms with Gasteiger partial charge in [0.15, 0.2) is 0 Å². The summed E-state index contributed by atoms with van der Waals surface area (Å²) >= 11 is 0. The Hall–Kier alpha value is -0.0800. The van der Waals surface area contributed by atoms with E-state index in [1.165, 1.54) is 25.7 Å². The van der Waals surface area contributed by atoms with E-state index in [0.29, 0.717) is 5.41 Å². The van der Waals surface area contributed by atoms with E-state index < -0.39 is 0 Å². The second-order valence-corrected chi connectivity index (χ2v) is 3.96. The summed E-state index contributed by atoms with van der Waals surface area (Å²) < 4.78 is 5.32. The van der Waals surface area contributed by atoms with Crippen molar-refractivity contribution in [3.63, 3.8) is 0 Å². The van der Waals surface area contributed by atoms with Gasteiger partial charge in [-0.25, -0.2) is 0 Å². The van der Waals surface area contributed by atoms with E-state index in [0.717, 1.165) is 13.2 Å². The molecule has 0 bridgehead atoms. The lowest BCUT2D eigenvalue weighted by molar-refractivity contribution is 0.0644. The van der Waals surface area contributed by atoms with Gasteiger partial charge in [-0.1, -0.05) is 26.7 Å². The average Bonchev–Trinajstić information content (AvgIpc) is 2.06. The van der Waals surface area contributed by atoms with Gasteiger partial charge in [-0.15, -0.1) is 0 Å². The van der Waals surface area contributed by atoms with Gasteiger partial charge in [-0.05, 0) is 19.9 Å². The summed E-state index contributed by atoms with van der Waals surface area (Å²) in [4.78, 5) is 0. The lowest BCUT2D eigenvalue weighted by atomic mass is 9.80. The van der Waals surface area contributed by atoms with Crippen molar-refractivity contribution < 1.29 is 4.74 Å². The van der Waals surface area contributed by atoms with Crippen LogP contribution in [-0.4, -0.2) is 27.3 Å². The molecule has 1 N–H and O–H groups in total. The molecule has 0 fully saturated rings. The van der Waals surface area contributed by atoms with E-state index in [1.54, 1.807) is 7.11 Å². The van der Waals surface area contributed by atoms with Crippen LogP contribution in [0.1, 0.15) is 39.5 Å². The van der Waals surface area contributed by atoms with Gasteiger partial charge in [0.2, 0.25) is 0 Å². The lowest BCUT2D eigenvalue weighted by Gasteiger charge is -2.32. The standard InChI is InChI=1S/C11H25NO/c1-5-7-11(8-6-2,9-12-3)10-13-4/h12H,5-10H2,1-4H3. The van der Waals surface area contributed by atoms with Crippen LogP contribution < -0.4 is 5.32 Å². The van der Waals surface area contributed by atoms with Crippen molar-refractivity contribution >= 4 is 0 Å². The van der Waals surface area contributed by atoms with Gasteiger partial charge in [-0.2, -0.15) is 0 Å². The highest BCUT2D eigenvalue weighted by atomic mass is 16.5. The molecule has 0 aliphatic rings. The molecular formula is C11H25NO. The first-order valence-corrected chi connectivity index (χ1v) is 5.38. The van der Waals surface area contributed by atoms with E-state index in [2.05, 4.69) is 19.2 Å². The smallest absolute Gasteiger partial charge is 0.0530 e. The first kappa shape index (κ1) is 12.9. The van der Waals surface area contributed by atoms with Crippen LogP contribution >= 0.6 is 0 Å². The fourth-order valence-electron chi connectivity index (χ4n) is 2.24. The molecule has 0 aromatic rings. The summed E-state index contributed by atoms with van der Waals surface area (Å²) in [5, 5.41) is 3.28. The summed E-state index contributed by atoms with van der Waals surface area (Å²) in [5.41, 5.74) is 0.368. The normalized spacial score (nSPS) is 12.0. The first-order valence-electron chi connectivity index (χ1n) is 5.38. The molecule has 0 atom stereocenters. The van der Waals surface area contributed by atoms with Crippen LogP contribution in [0.2, 0.25) is 0 Å². The summed E-state index contributed by atoms with van der Waals surface area (Å²) in [6.45, 7) is 6.45. The van der Waals surface area contributed by atoms with Crippen LogP contribution in [0.3, 0.4) is 0 Å². The van der Waals surface area contributed by atoms with Gasteiger partial charge in [0, 0.05) is 19.1 Å². The number of hydrogen-bond acceptors (Lipinski definition) is 2. The molecule has 0 spiro atoms. The zero-order chi connectivity index (χ0) is 10.2. The van der Waals surface area contributed by atoms with Crippen LogP contribution in [0.4, 0.5) is 0 Å². The van der Waals surface area contributed by atoms with Crippen molar-refractivity contribution in [2.45, 2.75) is 39.5 Å². The average molecular weight is 187 g/mol. The molecule has 0 aliphatic carbocycles. The Kier molecular flexibility index (Phi) is 7.29. The SMILES string of the molecule is CCCC(CCC)(CNC)COC. The molecule has 2 nitrogen and oxygen atoms in total. The largest absolute Gasteiger partial charge is 0.384 e. The summed E-state index contributed by atoms with van der Waals surface area (Å²) in [6, 6.07) is 0. The van der Waals surface area contributed by atoms with Crippen LogP contribution in [0.25, 0.3) is 0 Å². The summed E-state index contributed by atoms with van der Waals surface area (Å²) in [5.74, 6) is 0. The van der Waals surface area contributed by atoms with Crippen molar-refractivity contribution in [3.05, 3.63) is 0 Å². The quantitative estimate of drug-likeness (QED) is 0.630. The van der Waals surface area contributed by atoms with E-state index >= 15 is 0 Å². The van der Waals surface area contributed by atoms with E-state index in [1.807, 2.05) is 7.05 Å². The Labute approximate surface area is 83.1 Å². The van der Waals surface area contributed by atoms with Gasteiger partial charge in [0.05, 0.1) is 6.61 Å². The number of ether oxygens (including phenoxy) is 1. The minimum atomic E-state index is 0.368. The summed E-state index contributed by atoms with van der Waals surface area (Å²) in [6.07, 6.45) is 5.00. The summed E-state index contributed by atoms with van der Waals surface area (Å²) in [7, 11) is 3.82. The Morgan fingerprint density at radius 3 is 2.00 bits per heavy atom. The maximum atomic E-state index is 5.32. The van der Waals surface area contributed by atoms with Gasteiger partial charge in [-0.3, -0.25) is 0 Å². The zero-order valence-electron chi connectivity index (χ0n) is 9.65. The van der Waals surface area contributed by atoms with E-state index in [-0.39, 0.29) is 0 Å². The Bertz CT molecular complexity index is 85.1. The Morgan fingerprint density at radius 2 is 1.69 bits per heavy atom. The van der Waals surface area contributed by atoms with Crippen molar-refractivity contribution in [3.8, 4) is 0 Å². The fourth-order valence-corrected chi connectivity index (χ4v) is 2.24. The molecule has 80 valence electrons. The van der Waals surface area contributed by atoms with E-state index in [4.69, 9.17) is 4.74 Å². The third-order valence-electron chi connectivity index (χ3n) is 2.56. The predicted octanol–water partition coefficient (Wildman–Crippen LogP) is 2.44. The van der Waals surface area contributed by atoms with Crippen molar-refractivity contribution in [2.75, 3.05) is 27.3 Å². The Morgan fingerprint density at radius 1 is 1.15 bits per heavy atom. The van der Waals surface area contributed by atoms with Crippen LogP contribution in [0.15, 0.2) is 0 Å². The van der Waals surface area contributed by atoms with Crippen LogP contribution in [0, 0.1) is 5.41 Å². The second-order valence-electron chi connectivity index (χ2n) is 3.96. The van der Waals surface area contributed by atoms with Crippen LogP contribution in [0.5, 0.6) is 0 Å². The molecule has 0 aromatic heterocycles. The number of hydrogen-bond donors (Lipinski definition) is 1. The van der Waals surface area contributed by atoms with Crippen molar-refractivity contribution in [1.29, 1.82) is 0 Å². The maximum Gasteiger partial charge on any atom is 0.0530 e. The molecule has 13 heavy (non-hydrogen) atoms. The topological polar surface area (TPSA) is 21.3 Å². The highest BCUT2D eigenvalue weighted by Crippen LogP contribution is 2.29. The molecule has 2 heteroatoms. The number of rotatable bonds is 8. The molecular weight excluding hydrogens is 162 g/mol. The number of methoxy groups -OCH3 is 1. The second kappa shape index (κ2) is 7.34. The van der Waals surface area contributed by atoms with Gasteiger partial charge in [0.1, 0.15) is 0 Å². The number of nitrogens with one attached hydrogen (secondary N) is 1. The third kappa shape index (κ3) is 4.63. The highest BCUT2D eigenvalue weighted by Gasteiger charge is 2.27. The monoisotopic (exact) mass is 187 g/mol. The fraction of sp³-hybridized carbons (Fsp3) is 1.00. The van der Waals surface area contributed by atoms with Gasteiger partial charge < -0.3 is 10.1 Å². The minimum absolute atomic E-state index is 0.368. The molecule has 0 aromatic carbocycles. The van der Waals surface area contributed by atoms with Gasteiger partial charge in [0.25, 0.3) is 0 Å². The Balaban J connectivity index is 4.19. The molecule has 0 aliphatic heterocycles. The third-order valence-corrected chi connectivity index (χ3v) is 2.56. The van der Waals surface area contributed by atoms with Crippen molar-refractivity contribution in [1.82, 2.24) is 5.32 Å². The first-order chi connectivity index (χ1) is 6.24. The maximum absolute atomic E-state index is 5.32. The van der Waals surface area contributed by atoms with Gasteiger partial charge >= 0.3 is 0 Å². The molecule has 0 amide bonds. The zero-order valence-corrected chi connectivity index (χ0v) is 9.65. The predicted molar refractivity (Wildman–Crippen MR) is 58.1 cm³/mol. The minimum Gasteiger partial charge on any atom is -0.384 e. The molecule has 0 rings (SSSR count). The lowest BCUT2D eigenvalue weighted by Crippen LogP contribution is -2.36. The van der Waals surface area contributed by atoms with E-state index in [9.17, 15) is 0 Å².